The van der Waals surface area contributed by atoms with Gasteiger partial charge in [0.15, 0.2) is 5.82 Å². The number of fused-ring (bicyclic) bond motifs is 1. The van der Waals surface area contributed by atoms with Gasteiger partial charge in [0.2, 0.25) is 5.91 Å². The average molecular weight is 363 g/mol. The maximum Gasteiger partial charge on any atom is 0.228 e. The second kappa shape index (κ2) is 7.72. The Bertz CT molecular complexity index is 748. The Hall–Kier alpha value is -1.64. The zero-order valence-electron chi connectivity index (χ0n) is 14.8. The first-order valence-corrected chi connectivity index (χ1v) is 9.90. The number of carbonyl (C=O) groups is 1. The summed E-state index contributed by atoms with van der Waals surface area (Å²) in [5.74, 6) is 1.61. The number of amides is 1. The van der Waals surface area contributed by atoms with Crippen molar-refractivity contribution in [3.8, 4) is 0 Å². The number of β-amino-alcohol motifs (C(OH)–C–C–N with tert-alkyl or cyclic N) is 1. The minimum Gasteiger partial charge on any atom is -0.391 e. The van der Waals surface area contributed by atoms with E-state index in [0.29, 0.717) is 18.3 Å². The maximum absolute atomic E-state index is 12.0. The molecule has 3 heterocycles. The highest BCUT2D eigenvalue weighted by Crippen LogP contribution is 2.26. The van der Waals surface area contributed by atoms with E-state index in [2.05, 4.69) is 31.4 Å². The molecule has 0 spiro atoms. The number of hydrogen-bond donors (Lipinski definition) is 3. The predicted octanol–water partition coefficient (Wildman–Crippen LogP) is 1.71. The molecule has 1 aliphatic heterocycles. The Labute approximate surface area is 151 Å². The Morgan fingerprint density at radius 1 is 1.48 bits per heavy atom. The molecule has 1 amide bonds. The lowest BCUT2D eigenvalue weighted by Crippen LogP contribution is -2.21. The van der Waals surface area contributed by atoms with E-state index >= 15 is 0 Å². The van der Waals surface area contributed by atoms with Crippen LogP contribution in [-0.2, 0) is 11.3 Å². The van der Waals surface area contributed by atoms with E-state index in [1.54, 1.807) is 11.8 Å². The molecule has 0 aliphatic carbocycles. The topological polar surface area (TPSA) is 94.1 Å². The Balaban J connectivity index is 1.77. The molecular formula is C17H25N5O2S. The number of aliphatic hydroxyl groups is 1. The summed E-state index contributed by atoms with van der Waals surface area (Å²) < 4.78 is 0. The summed E-state index contributed by atoms with van der Waals surface area (Å²) in [5.41, 5.74) is 2.61. The number of rotatable bonds is 6. The molecule has 0 bridgehead atoms. The summed E-state index contributed by atoms with van der Waals surface area (Å²) >= 11 is 1.77. The van der Waals surface area contributed by atoms with Crippen molar-refractivity contribution in [1.29, 1.82) is 0 Å². The second-order valence-corrected chi connectivity index (χ2v) is 7.79. The first-order valence-electron chi connectivity index (χ1n) is 8.50. The van der Waals surface area contributed by atoms with E-state index < -0.39 is 0 Å². The highest BCUT2D eigenvalue weighted by Gasteiger charge is 2.31. The van der Waals surface area contributed by atoms with E-state index in [4.69, 9.17) is 0 Å². The standard InChI is InChI=1S/C17H25N5O2S/c1-10(2)17(24)21-16-15-14(19-9-20-16)11(4-18-15)5-22-6-12(8-25-3)13(23)7-22/h4,9-10,12-13,18,23H,5-8H2,1-3H3,(H,19,20,21,24)/t12-,13?/m1/s1. The zero-order valence-corrected chi connectivity index (χ0v) is 15.6. The van der Waals surface area contributed by atoms with Gasteiger partial charge in [-0.15, -0.1) is 0 Å². The fourth-order valence-corrected chi connectivity index (χ4v) is 3.91. The van der Waals surface area contributed by atoms with Crippen LogP contribution in [0.3, 0.4) is 0 Å². The molecule has 25 heavy (non-hydrogen) atoms. The van der Waals surface area contributed by atoms with Crippen LogP contribution in [0.2, 0.25) is 0 Å². The van der Waals surface area contributed by atoms with Crippen molar-refractivity contribution in [3.05, 3.63) is 18.1 Å². The molecule has 3 N–H and O–H groups in total. The lowest BCUT2D eigenvalue weighted by Gasteiger charge is -2.14. The van der Waals surface area contributed by atoms with E-state index in [1.807, 2.05) is 20.0 Å². The van der Waals surface area contributed by atoms with Crippen molar-refractivity contribution >= 4 is 34.5 Å². The molecule has 8 heteroatoms. The maximum atomic E-state index is 12.0. The summed E-state index contributed by atoms with van der Waals surface area (Å²) in [5, 5.41) is 13.0. The van der Waals surface area contributed by atoms with Gasteiger partial charge in [0, 0.05) is 43.2 Å². The normalized spacial score (nSPS) is 21.3. The van der Waals surface area contributed by atoms with Gasteiger partial charge < -0.3 is 15.4 Å². The van der Waals surface area contributed by atoms with Crippen molar-refractivity contribution < 1.29 is 9.90 Å². The number of aromatic amines is 1. The molecule has 7 nitrogen and oxygen atoms in total. The van der Waals surface area contributed by atoms with Crippen LogP contribution in [0.25, 0.3) is 11.0 Å². The Morgan fingerprint density at radius 2 is 2.28 bits per heavy atom. The first-order chi connectivity index (χ1) is 12.0. The Kier molecular flexibility index (Phi) is 5.61. The van der Waals surface area contributed by atoms with Gasteiger partial charge in [-0.25, -0.2) is 9.97 Å². The molecule has 2 aromatic heterocycles. The molecule has 1 unspecified atom stereocenters. The van der Waals surface area contributed by atoms with Crippen LogP contribution in [-0.4, -0.2) is 62.1 Å². The summed E-state index contributed by atoms with van der Waals surface area (Å²) in [4.78, 5) is 26.0. The molecular weight excluding hydrogens is 338 g/mol. The van der Waals surface area contributed by atoms with Gasteiger partial charge in [0.05, 0.1) is 11.6 Å². The first kappa shape index (κ1) is 18.2. The van der Waals surface area contributed by atoms with Crippen LogP contribution in [0, 0.1) is 11.8 Å². The zero-order chi connectivity index (χ0) is 18.0. The van der Waals surface area contributed by atoms with Crippen molar-refractivity contribution in [3.63, 3.8) is 0 Å². The summed E-state index contributed by atoms with van der Waals surface area (Å²) in [6.45, 7) is 5.97. The quantitative estimate of drug-likeness (QED) is 0.723. The van der Waals surface area contributed by atoms with Gasteiger partial charge in [0.1, 0.15) is 11.8 Å². The number of likely N-dealkylation sites (tertiary alicyclic amines) is 1. The van der Waals surface area contributed by atoms with Gasteiger partial charge in [-0.2, -0.15) is 11.8 Å². The molecule has 0 radical (unpaired) electrons. The number of nitrogens with one attached hydrogen (secondary N) is 2. The highest BCUT2D eigenvalue weighted by atomic mass is 32.2. The van der Waals surface area contributed by atoms with Crippen molar-refractivity contribution in [2.24, 2.45) is 11.8 Å². The van der Waals surface area contributed by atoms with Crippen LogP contribution in [0.5, 0.6) is 0 Å². The summed E-state index contributed by atoms with van der Waals surface area (Å²) in [6, 6.07) is 0. The molecule has 3 rings (SSSR count). The predicted molar refractivity (Wildman–Crippen MR) is 101 cm³/mol. The van der Waals surface area contributed by atoms with Crippen LogP contribution in [0.15, 0.2) is 12.5 Å². The molecule has 136 valence electrons. The second-order valence-electron chi connectivity index (χ2n) is 6.88. The van der Waals surface area contributed by atoms with E-state index in [1.165, 1.54) is 6.33 Å². The smallest absolute Gasteiger partial charge is 0.228 e. The third-order valence-corrected chi connectivity index (χ3v) is 5.33. The number of thioether (sulfide) groups is 1. The number of H-pyrrole nitrogens is 1. The van der Waals surface area contributed by atoms with Gasteiger partial charge in [-0.1, -0.05) is 13.8 Å². The lowest BCUT2D eigenvalue weighted by molar-refractivity contribution is -0.118. The fraction of sp³-hybridized carbons (Fsp3) is 0.588. The van der Waals surface area contributed by atoms with E-state index in [9.17, 15) is 9.90 Å². The summed E-state index contributed by atoms with van der Waals surface area (Å²) in [6.07, 6.45) is 5.19. The Morgan fingerprint density at radius 3 is 3.00 bits per heavy atom. The SMILES string of the molecule is CSC[C@H]1CN(Cc2c[nH]c3c(NC(=O)C(C)C)ncnc23)CC1O. The number of aromatic nitrogens is 3. The molecule has 1 fully saturated rings. The van der Waals surface area contributed by atoms with Gasteiger partial charge >= 0.3 is 0 Å². The van der Waals surface area contributed by atoms with E-state index in [-0.39, 0.29) is 17.9 Å². The average Bonchev–Trinajstić information content (AvgIpc) is 3.13. The van der Waals surface area contributed by atoms with Gasteiger partial charge in [-0.3, -0.25) is 9.69 Å². The fourth-order valence-electron chi connectivity index (χ4n) is 3.16. The van der Waals surface area contributed by atoms with Crippen LogP contribution in [0.1, 0.15) is 19.4 Å². The van der Waals surface area contributed by atoms with Crippen molar-refractivity contribution in [2.45, 2.75) is 26.5 Å². The molecule has 2 aromatic rings. The number of anilines is 1. The largest absolute Gasteiger partial charge is 0.391 e. The minimum absolute atomic E-state index is 0.0706. The van der Waals surface area contributed by atoms with Crippen LogP contribution in [0.4, 0.5) is 5.82 Å². The monoisotopic (exact) mass is 363 g/mol. The minimum atomic E-state index is -0.270. The number of carbonyl (C=O) groups excluding carboxylic acids is 1. The number of hydrogen-bond acceptors (Lipinski definition) is 6. The number of nitrogens with zero attached hydrogens (tertiary/aromatic N) is 3. The molecule has 1 aliphatic rings. The summed E-state index contributed by atoms with van der Waals surface area (Å²) in [7, 11) is 0. The lowest BCUT2D eigenvalue weighted by atomic mass is 10.1. The third kappa shape index (κ3) is 3.96. The van der Waals surface area contributed by atoms with Crippen molar-refractivity contribution in [2.75, 3.05) is 30.4 Å². The molecule has 2 atom stereocenters. The highest BCUT2D eigenvalue weighted by molar-refractivity contribution is 7.98. The number of aliphatic hydroxyl groups excluding tert-OH is 1. The molecule has 0 aromatic carbocycles. The van der Waals surface area contributed by atoms with Gasteiger partial charge in [0.25, 0.3) is 0 Å². The molecule has 0 saturated carbocycles. The third-order valence-electron chi connectivity index (χ3n) is 4.56. The van der Waals surface area contributed by atoms with Crippen molar-refractivity contribution in [1.82, 2.24) is 19.9 Å². The van der Waals surface area contributed by atoms with Crippen LogP contribution >= 0.6 is 11.8 Å². The molecule has 1 saturated heterocycles. The van der Waals surface area contributed by atoms with Gasteiger partial charge in [-0.05, 0) is 12.0 Å². The van der Waals surface area contributed by atoms with Crippen LogP contribution < -0.4 is 5.32 Å². The van der Waals surface area contributed by atoms with E-state index in [0.717, 1.165) is 35.4 Å².